The molecule has 23 heavy (non-hydrogen) atoms. The van der Waals surface area contributed by atoms with Gasteiger partial charge in [0.2, 0.25) is 0 Å². The lowest BCUT2D eigenvalue weighted by Gasteiger charge is -2.37. The van der Waals surface area contributed by atoms with Crippen LogP contribution in [-0.2, 0) is 6.54 Å². The van der Waals surface area contributed by atoms with Crippen molar-refractivity contribution in [2.75, 3.05) is 0 Å². The average molecular weight is 312 g/mol. The molecule has 0 atom stereocenters. The van der Waals surface area contributed by atoms with Crippen molar-refractivity contribution >= 4 is 0 Å². The van der Waals surface area contributed by atoms with Gasteiger partial charge in [-0.25, -0.2) is 9.67 Å². The van der Waals surface area contributed by atoms with Gasteiger partial charge in [-0.2, -0.15) is 5.10 Å². The predicted octanol–water partition coefficient (Wildman–Crippen LogP) is 3.96. The summed E-state index contributed by atoms with van der Waals surface area (Å²) in [4.78, 5) is 4.39. The van der Waals surface area contributed by atoms with Crippen LogP contribution in [0, 0.1) is 11.3 Å². The van der Waals surface area contributed by atoms with Crippen LogP contribution in [-0.4, -0.2) is 20.8 Å². The highest BCUT2D eigenvalue weighted by Crippen LogP contribution is 2.37. The predicted molar refractivity (Wildman–Crippen MR) is 93.4 cm³/mol. The Morgan fingerprint density at radius 2 is 1.96 bits per heavy atom. The molecule has 0 bridgehead atoms. The molecule has 4 nitrogen and oxygen atoms in total. The maximum absolute atomic E-state index is 4.39. The highest BCUT2D eigenvalue weighted by Gasteiger charge is 2.29. The molecule has 0 spiro atoms. The lowest BCUT2D eigenvalue weighted by Crippen LogP contribution is -2.35. The number of pyridine rings is 1. The first-order valence-corrected chi connectivity index (χ1v) is 8.71. The number of nitrogens with zero attached hydrogens (tertiary/aromatic N) is 3. The summed E-state index contributed by atoms with van der Waals surface area (Å²) in [6.45, 7) is 8.03. The summed E-state index contributed by atoms with van der Waals surface area (Å²) in [5.41, 5.74) is 1.72. The van der Waals surface area contributed by atoms with Gasteiger partial charge < -0.3 is 5.32 Å². The first-order valence-electron chi connectivity index (χ1n) is 8.71. The molecule has 0 saturated heterocycles. The number of nitrogens with one attached hydrogen (secondary N) is 1. The molecule has 0 radical (unpaired) electrons. The van der Waals surface area contributed by atoms with Crippen LogP contribution < -0.4 is 5.32 Å². The van der Waals surface area contributed by atoms with E-state index in [1.165, 1.54) is 31.2 Å². The zero-order valence-corrected chi connectivity index (χ0v) is 14.5. The second kappa shape index (κ2) is 6.83. The molecule has 1 saturated carbocycles. The average Bonchev–Trinajstić information content (AvgIpc) is 3.07. The minimum Gasteiger partial charge on any atom is -0.310 e. The van der Waals surface area contributed by atoms with Gasteiger partial charge >= 0.3 is 0 Å². The Morgan fingerprint density at radius 1 is 1.17 bits per heavy atom. The first-order chi connectivity index (χ1) is 11.0. The van der Waals surface area contributed by atoms with Crippen molar-refractivity contribution in [3.05, 3.63) is 42.4 Å². The Hall–Kier alpha value is -1.68. The maximum atomic E-state index is 4.39. The van der Waals surface area contributed by atoms with Gasteiger partial charge in [0, 0.05) is 31.2 Å². The standard InChI is InChI=1S/C19H28N4/c1-19(2,3)16-5-7-17(8-6-16)21-14-15-9-11-20-18(13-15)23-12-4-10-22-23/h4,9-13,16-17,21H,5-8,14H2,1-3H3. The van der Waals surface area contributed by atoms with Crippen molar-refractivity contribution in [1.82, 2.24) is 20.1 Å². The van der Waals surface area contributed by atoms with Crippen molar-refractivity contribution in [3.63, 3.8) is 0 Å². The second-order valence-corrected chi connectivity index (χ2v) is 7.77. The summed E-state index contributed by atoms with van der Waals surface area (Å²) in [5, 5.41) is 7.97. The molecular formula is C19H28N4. The van der Waals surface area contributed by atoms with Gasteiger partial charge in [-0.15, -0.1) is 0 Å². The van der Waals surface area contributed by atoms with E-state index in [1.807, 2.05) is 18.5 Å². The van der Waals surface area contributed by atoms with Gasteiger partial charge in [-0.1, -0.05) is 20.8 Å². The molecule has 124 valence electrons. The van der Waals surface area contributed by atoms with Crippen molar-refractivity contribution in [1.29, 1.82) is 0 Å². The van der Waals surface area contributed by atoms with Gasteiger partial charge in [0.25, 0.3) is 0 Å². The Labute approximate surface area is 139 Å². The van der Waals surface area contributed by atoms with Crippen LogP contribution in [0.5, 0.6) is 0 Å². The molecule has 1 aliphatic rings. The minimum atomic E-state index is 0.453. The zero-order chi connectivity index (χ0) is 16.3. The summed E-state index contributed by atoms with van der Waals surface area (Å²) in [6.07, 6.45) is 10.8. The summed E-state index contributed by atoms with van der Waals surface area (Å²) in [6, 6.07) is 6.76. The van der Waals surface area contributed by atoms with Crippen molar-refractivity contribution in [2.45, 2.75) is 59.0 Å². The monoisotopic (exact) mass is 312 g/mol. The van der Waals surface area contributed by atoms with Crippen LogP contribution in [0.2, 0.25) is 0 Å². The normalized spacial score (nSPS) is 22.2. The molecule has 2 heterocycles. The first kappa shape index (κ1) is 16.2. The third-order valence-electron chi connectivity index (χ3n) is 5.10. The number of aromatic nitrogens is 3. The van der Waals surface area contributed by atoms with E-state index in [-0.39, 0.29) is 0 Å². The smallest absolute Gasteiger partial charge is 0.153 e. The summed E-state index contributed by atoms with van der Waals surface area (Å²) in [5.74, 6) is 1.75. The van der Waals surface area contributed by atoms with Crippen LogP contribution in [0.1, 0.15) is 52.0 Å². The van der Waals surface area contributed by atoms with E-state index in [2.05, 4.69) is 48.3 Å². The van der Waals surface area contributed by atoms with E-state index in [0.29, 0.717) is 11.5 Å². The van der Waals surface area contributed by atoms with Crippen LogP contribution in [0.3, 0.4) is 0 Å². The molecule has 0 amide bonds. The number of rotatable bonds is 4. The lowest BCUT2D eigenvalue weighted by atomic mass is 9.71. The quantitative estimate of drug-likeness (QED) is 0.929. The molecule has 3 rings (SSSR count). The molecule has 2 aromatic heterocycles. The SMILES string of the molecule is CC(C)(C)C1CCC(NCc2ccnc(-n3cccn3)c2)CC1. The zero-order valence-electron chi connectivity index (χ0n) is 14.5. The van der Waals surface area contributed by atoms with Crippen molar-refractivity contribution < 1.29 is 0 Å². The molecule has 0 unspecified atom stereocenters. The fraction of sp³-hybridized carbons (Fsp3) is 0.579. The second-order valence-electron chi connectivity index (χ2n) is 7.77. The van der Waals surface area contributed by atoms with Gasteiger partial charge in [0.1, 0.15) is 0 Å². The molecule has 1 aliphatic carbocycles. The van der Waals surface area contributed by atoms with Crippen LogP contribution in [0.25, 0.3) is 5.82 Å². The summed E-state index contributed by atoms with van der Waals surface area (Å²) < 4.78 is 1.80. The van der Waals surface area contributed by atoms with Gasteiger partial charge in [0.15, 0.2) is 5.82 Å². The molecule has 0 aromatic carbocycles. The Morgan fingerprint density at radius 3 is 2.61 bits per heavy atom. The fourth-order valence-corrected chi connectivity index (χ4v) is 3.53. The van der Waals surface area contributed by atoms with Gasteiger partial charge in [-0.05, 0) is 60.8 Å². The number of hydrogen-bond acceptors (Lipinski definition) is 3. The largest absolute Gasteiger partial charge is 0.310 e. The summed E-state index contributed by atoms with van der Waals surface area (Å²) in [7, 11) is 0. The van der Waals surface area contributed by atoms with Crippen LogP contribution in [0.4, 0.5) is 0 Å². The minimum absolute atomic E-state index is 0.453. The molecule has 1 N–H and O–H groups in total. The van der Waals surface area contributed by atoms with E-state index in [1.54, 1.807) is 10.9 Å². The fourth-order valence-electron chi connectivity index (χ4n) is 3.53. The molecular weight excluding hydrogens is 284 g/mol. The maximum Gasteiger partial charge on any atom is 0.153 e. The third kappa shape index (κ3) is 4.20. The van der Waals surface area contributed by atoms with Crippen molar-refractivity contribution in [2.24, 2.45) is 11.3 Å². The van der Waals surface area contributed by atoms with E-state index in [0.717, 1.165) is 18.3 Å². The third-order valence-corrected chi connectivity index (χ3v) is 5.10. The molecule has 2 aromatic rings. The van der Waals surface area contributed by atoms with E-state index < -0.39 is 0 Å². The van der Waals surface area contributed by atoms with E-state index in [4.69, 9.17) is 0 Å². The lowest BCUT2D eigenvalue weighted by molar-refractivity contribution is 0.160. The molecule has 0 aliphatic heterocycles. The summed E-state index contributed by atoms with van der Waals surface area (Å²) >= 11 is 0. The molecule has 4 heteroatoms. The van der Waals surface area contributed by atoms with Gasteiger partial charge in [-0.3, -0.25) is 0 Å². The van der Waals surface area contributed by atoms with Crippen molar-refractivity contribution in [3.8, 4) is 5.82 Å². The Balaban J connectivity index is 1.53. The Bertz CT molecular complexity index is 605. The van der Waals surface area contributed by atoms with Gasteiger partial charge in [0.05, 0.1) is 0 Å². The van der Waals surface area contributed by atoms with Crippen LogP contribution >= 0.6 is 0 Å². The van der Waals surface area contributed by atoms with Crippen LogP contribution in [0.15, 0.2) is 36.8 Å². The molecule has 1 fully saturated rings. The topological polar surface area (TPSA) is 42.7 Å². The highest BCUT2D eigenvalue weighted by molar-refractivity contribution is 5.26. The highest BCUT2D eigenvalue weighted by atomic mass is 15.3. The number of hydrogen-bond donors (Lipinski definition) is 1. The van der Waals surface area contributed by atoms with E-state index >= 15 is 0 Å². The van der Waals surface area contributed by atoms with E-state index in [9.17, 15) is 0 Å². The Kier molecular flexibility index (Phi) is 4.81.